The van der Waals surface area contributed by atoms with E-state index in [4.69, 9.17) is 0 Å². The van der Waals surface area contributed by atoms with Crippen LogP contribution in [-0.4, -0.2) is 36.3 Å². The quantitative estimate of drug-likeness (QED) is 0.616. The number of anilines is 2. The van der Waals surface area contributed by atoms with Crippen LogP contribution in [0.1, 0.15) is 18.1 Å². The summed E-state index contributed by atoms with van der Waals surface area (Å²) in [6, 6.07) is 10.2. The van der Waals surface area contributed by atoms with Crippen LogP contribution < -0.4 is 10.6 Å². The van der Waals surface area contributed by atoms with Crippen molar-refractivity contribution in [3.63, 3.8) is 0 Å². The lowest BCUT2D eigenvalue weighted by molar-refractivity contribution is -0.137. The maximum absolute atomic E-state index is 13.0. The number of alkyl halides is 3. The van der Waals surface area contributed by atoms with Crippen molar-refractivity contribution in [3.8, 4) is 0 Å². The number of hydrogen-bond acceptors (Lipinski definition) is 3. The SMILES string of the molecule is CCN(CC(=O)Nc1ccc(Br)cc1C)CC(=O)Nc1ccccc1C(F)(F)F. The molecule has 0 aliphatic carbocycles. The van der Waals surface area contributed by atoms with Crippen LogP contribution in [0.15, 0.2) is 46.9 Å². The first-order valence-corrected chi connectivity index (χ1v) is 9.64. The number of carbonyl (C=O) groups is 2. The van der Waals surface area contributed by atoms with Gasteiger partial charge in [-0.3, -0.25) is 14.5 Å². The number of aryl methyl sites for hydroxylation is 1. The predicted molar refractivity (Wildman–Crippen MR) is 110 cm³/mol. The van der Waals surface area contributed by atoms with E-state index in [1.807, 2.05) is 13.0 Å². The van der Waals surface area contributed by atoms with Crippen molar-refractivity contribution in [2.45, 2.75) is 20.0 Å². The Labute approximate surface area is 175 Å². The highest BCUT2D eigenvalue weighted by Gasteiger charge is 2.33. The standard InChI is InChI=1S/C20H21BrF3N3O2/c1-3-27(11-18(28)25-16-9-8-14(21)10-13(16)2)12-19(29)26-17-7-5-4-6-15(17)20(22,23)24/h4-10H,3,11-12H2,1-2H3,(H,25,28)(H,26,29). The van der Waals surface area contributed by atoms with Gasteiger partial charge in [-0.2, -0.15) is 13.2 Å². The van der Waals surface area contributed by atoms with Crippen molar-refractivity contribution in [1.29, 1.82) is 0 Å². The number of nitrogens with one attached hydrogen (secondary N) is 2. The van der Waals surface area contributed by atoms with Crippen LogP contribution in [0.3, 0.4) is 0 Å². The van der Waals surface area contributed by atoms with Crippen LogP contribution in [0, 0.1) is 6.92 Å². The molecule has 2 aromatic rings. The van der Waals surface area contributed by atoms with Gasteiger partial charge in [-0.05, 0) is 49.4 Å². The van der Waals surface area contributed by atoms with Crippen molar-refractivity contribution >= 4 is 39.1 Å². The first-order chi connectivity index (χ1) is 13.6. The van der Waals surface area contributed by atoms with Gasteiger partial charge in [0.05, 0.1) is 24.3 Å². The van der Waals surface area contributed by atoms with Crippen molar-refractivity contribution in [2.75, 3.05) is 30.3 Å². The molecule has 9 heteroatoms. The zero-order valence-corrected chi connectivity index (χ0v) is 17.5. The Balaban J connectivity index is 1.97. The molecule has 29 heavy (non-hydrogen) atoms. The van der Waals surface area contributed by atoms with Crippen LogP contribution >= 0.6 is 15.9 Å². The van der Waals surface area contributed by atoms with Crippen molar-refractivity contribution in [1.82, 2.24) is 4.90 Å². The number of halogens is 4. The van der Waals surface area contributed by atoms with Gasteiger partial charge < -0.3 is 10.6 Å². The van der Waals surface area contributed by atoms with E-state index in [0.717, 1.165) is 16.1 Å². The van der Waals surface area contributed by atoms with Gasteiger partial charge in [-0.25, -0.2) is 0 Å². The Morgan fingerprint density at radius 3 is 2.14 bits per heavy atom. The molecule has 2 aromatic carbocycles. The molecule has 156 valence electrons. The van der Waals surface area contributed by atoms with Gasteiger partial charge in [-0.1, -0.05) is 35.0 Å². The summed E-state index contributed by atoms with van der Waals surface area (Å²) in [4.78, 5) is 26.1. The van der Waals surface area contributed by atoms with E-state index in [1.165, 1.54) is 23.1 Å². The molecule has 0 bridgehead atoms. The average molecular weight is 472 g/mol. The zero-order valence-electron chi connectivity index (χ0n) is 15.9. The molecule has 0 saturated carbocycles. The topological polar surface area (TPSA) is 61.4 Å². The van der Waals surface area contributed by atoms with Crippen LogP contribution in [0.25, 0.3) is 0 Å². The molecule has 5 nitrogen and oxygen atoms in total. The Kier molecular flexibility index (Phi) is 7.80. The Bertz CT molecular complexity index is 888. The highest BCUT2D eigenvalue weighted by Crippen LogP contribution is 2.34. The van der Waals surface area contributed by atoms with Crippen LogP contribution in [0.2, 0.25) is 0 Å². The largest absolute Gasteiger partial charge is 0.418 e. The van der Waals surface area contributed by atoms with Gasteiger partial charge >= 0.3 is 6.18 Å². The van der Waals surface area contributed by atoms with Crippen molar-refractivity contribution in [2.24, 2.45) is 0 Å². The normalized spacial score (nSPS) is 11.4. The molecule has 0 aliphatic rings. The average Bonchev–Trinajstić information content (AvgIpc) is 2.63. The molecule has 0 aliphatic heterocycles. The van der Waals surface area contributed by atoms with Crippen molar-refractivity contribution in [3.05, 3.63) is 58.1 Å². The molecule has 2 amide bonds. The number of amides is 2. The van der Waals surface area contributed by atoms with Gasteiger partial charge in [0.15, 0.2) is 0 Å². The molecule has 2 N–H and O–H groups in total. The third-order valence-corrected chi connectivity index (χ3v) is 4.64. The monoisotopic (exact) mass is 471 g/mol. The number of para-hydroxylation sites is 1. The van der Waals surface area contributed by atoms with E-state index < -0.39 is 17.6 Å². The van der Waals surface area contributed by atoms with E-state index in [2.05, 4.69) is 26.6 Å². The molecule has 0 radical (unpaired) electrons. The second-order valence-corrected chi connectivity index (χ2v) is 7.32. The lowest BCUT2D eigenvalue weighted by Gasteiger charge is -2.20. The summed E-state index contributed by atoms with van der Waals surface area (Å²) in [5.74, 6) is -0.947. The first kappa shape index (κ1) is 22.9. The van der Waals surface area contributed by atoms with Gasteiger partial charge in [-0.15, -0.1) is 0 Å². The van der Waals surface area contributed by atoms with Gasteiger partial charge in [0.25, 0.3) is 0 Å². The third kappa shape index (κ3) is 6.86. The summed E-state index contributed by atoms with van der Waals surface area (Å²) in [5.41, 5.74) is 0.297. The van der Waals surface area contributed by atoms with Gasteiger partial charge in [0, 0.05) is 10.2 Å². The number of rotatable bonds is 7. The number of benzene rings is 2. The minimum absolute atomic E-state index is 0.0691. The predicted octanol–water partition coefficient (Wildman–Crippen LogP) is 4.68. The summed E-state index contributed by atoms with van der Waals surface area (Å²) >= 11 is 3.35. The Morgan fingerprint density at radius 2 is 1.59 bits per heavy atom. The summed E-state index contributed by atoms with van der Waals surface area (Å²) < 4.78 is 40.0. The molecule has 0 saturated heterocycles. The fourth-order valence-electron chi connectivity index (χ4n) is 2.67. The van der Waals surface area contributed by atoms with E-state index in [1.54, 1.807) is 19.1 Å². The fourth-order valence-corrected chi connectivity index (χ4v) is 3.15. The van der Waals surface area contributed by atoms with E-state index in [9.17, 15) is 22.8 Å². The van der Waals surface area contributed by atoms with E-state index in [0.29, 0.717) is 12.2 Å². The number of hydrogen-bond donors (Lipinski definition) is 2. The molecule has 0 atom stereocenters. The van der Waals surface area contributed by atoms with Crippen molar-refractivity contribution < 1.29 is 22.8 Å². The molecule has 0 aromatic heterocycles. The lowest BCUT2D eigenvalue weighted by Crippen LogP contribution is -2.39. The molecular weight excluding hydrogens is 451 g/mol. The number of likely N-dealkylation sites (N-methyl/N-ethyl adjacent to an activating group) is 1. The zero-order chi connectivity index (χ0) is 21.6. The first-order valence-electron chi connectivity index (χ1n) is 8.84. The second-order valence-electron chi connectivity index (χ2n) is 6.40. The molecule has 0 heterocycles. The fraction of sp³-hybridized carbons (Fsp3) is 0.300. The molecule has 0 fully saturated rings. The van der Waals surface area contributed by atoms with E-state index in [-0.39, 0.29) is 24.7 Å². The van der Waals surface area contributed by atoms with E-state index >= 15 is 0 Å². The van der Waals surface area contributed by atoms with Crippen LogP contribution in [0.4, 0.5) is 24.5 Å². The molecular formula is C20H21BrF3N3O2. The summed E-state index contributed by atoms with van der Waals surface area (Å²) in [6.07, 6.45) is -4.57. The minimum Gasteiger partial charge on any atom is -0.325 e. The summed E-state index contributed by atoms with van der Waals surface area (Å²) in [6.45, 7) is 3.70. The maximum atomic E-state index is 13.0. The minimum atomic E-state index is -4.57. The highest BCUT2D eigenvalue weighted by atomic mass is 79.9. The molecule has 0 unspecified atom stereocenters. The molecule has 0 spiro atoms. The maximum Gasteiger partial charge on any atom is 0.418 e. The molecule has 2 rings (SSSR count). The van der Waals surface area contributed by atoms with Crippen LogP contribution in [-0.2, 0) is 15.8 Å². The summed E-state index contributed by atoms with van der Waals surface area (Å²) in [5, 5.41) is 5.05. The van der Waals surface area contributed by atoms with Gasteiger partial charge in [0.2, 0.25) is 11.8 Å². The number of nitrogens with zero attached hydrogens (tertiary/aromatic N) is 1. The van der Waals surface area contributed by atoms with Crippen LogP contribution in [0.5, 0.6) is 0 Å². The second kappa shape index (κ2) is 9.89. The Morgan fingerprint density at radius 1 is 1.00 bits per heavy atom. The summed E-state index contributed by atoms with van der Waals surface area (Å²) in [7, 11) is 0. The smallest absolute Gasteiger partial charge is 0.325 e. The third-order valence-electron chi connectivity index (χ3n) is 4.15. The Hall–Kier alpha value is -2.39. The number of carbonyl (C=O) groups excluding carboxylic acids is 2. The lowest BCUT2D eigenvalue weighted by atomic mass is 10.1. The van der Waals surface area contributed by atoms with Gasteiger partial charge in [0.1, 0.15) is 0 Å². The highest BCUT2D eigenvalue weighted by molar-refractivity contribution is 9.10.